The van der Waals surface area contributed by atoms with E-state index in [2.05, 4.69) is 40.2 Å². The lowest BCUT2D eigenvalue weighted by molar-refractivity contribution is -0.192. The third kappa shape index (κ3) is 9.90. The first-order valence-electron chi connectivity index (χ1n) is 14.0. The van der Waals surface area contributed by atoms with Crippen LogP contribution in [0, 0.1) is 0 Å². The zero-order valence-electron chi connectivity index (χ0n) is 24.2. The van der Waals surface area contributed by atoms with Gasteiger partial charge in [0.15, 0.2) is 0 Å². The molecule has 1 aliphatic rings. The van der Waals surface area contributed by atoms with Crippen molar-refractivity contribution >= 4 is 34.9 Å². The lowest BCUT2D eigenvalue weighted by Gasteiger charge is -2.33. The molecule has 43 heavy (non-hydrogen) atoms. The number of ether oxygens (including phenoxy) is 1. The molecule has 234 valence electrons. The predicted octanol–water partition coefficient (Wildman–Crippen LogP) is 7.55. The average molecular weight is 642 g/mol. The molecular formula is C30H35ClF3N3O5S. The minimum Gasteiger partial charge on any atom is -0.489 e. The number of carboxylic acids is 2. The smallest absolute Gasteiger partial charge is 0.489 e. The zero-order chi connectivity index (χ0) is 31.7. The maximum Gasteiger partial charge on any atom is 0.490 e. The summed E-state index contributed by atoms with van der Waals surface area (Å²) < 4.78 is 37.5. The molecule has 8 nitrogen and oxygen atoms in total. The Bertz CT molecular complexity index is 1390. The van der Waals surface area contributed by atoms with E-state index in [9.17, 15) is 18.0 Å². The highest BCUT2D eigenvalue weighted by atomic mass is 35.5. The lowest BCUT2D eigenvalue weighted by atomic mass is 9.84. The van der Waals surface area contributed by atoms with Crippen LogP contribution in [0.2, 0.25) is 5.02 Å². The summed E-state index contributed by atoms with van der Waals surface area (Å²) in [5.41, 5.74) is 4.86. The van der Waals surface area contributed by atoms with E-state index in [-0.39, 0.29) is 12.5 Å². The van der Waals surface area contributed by atoms with Crippen molar-refractivity contribution in [2.45, 2.75) is 71.1 Å². The number of hydrogen-bond acceptors (Lipinski definition) is 7. The van der Waals surface area contributed by atoms with Gasteiger partial charge in [0.25, 0.3) is 0 Å². The molecular weight excluding hydrogens is 607 g/mol. The number of aromatic nitrogens is 2. The van der Waals surface area contributed by atoms with Crippen LogP contribution in [0.4, 0.5) is 13.2 Å². The van der Waals surface area contributed by atoms with Crippen molar-refractivity contribution in [3.05, 3.63) is 52.5 Å². The minimum absolute atomic E-state index is 0.0606. The van der Waals surface area contributed by atoms with Crippen LogP contribution in [-0.4, -0.2) is 69.2 Å². The molecule has 0 unspecified atom stereocenters. The topological polar surface area (TPSA) is 113 Å². The van der Waals surface area contributed by atoms with E-state index >= 15 is 0 Å². The highest BCUT2D eigenvalue weighted by Gasteiger charge is 2.38. The summed E-state index contributed by atoms with van der Waals surface area (Å²) in [4.78, 5) is 22.1. The fourth-order valence-electron chi connectivity index (χ4n) is 4.94. The number of piperidine rings is 1. The minimum atomic E-state index is -5.08. The van der Waals surface area contributed by atoms with E-state index in [4.69, 9.17) is 31.3 Å². The summed E-state index contributed by atoms with van der Waals surface area (Å²) in [5, 5.41) is 27.4. The summed E-state index contributed by atoms with van der Waals surface area (Å²) in [6, 6.07) is 12.3. The molecule has 0 atom stereocenters. The third-order valence-corrected chi connectivity index (χ3v) is 8.20. The van der Waals surface area contributed by atoms with Crippen LogP contribution >= 0.6 is 22.9 Å². The molecule has 0 aliphatic carbocycles. The molecule has 0 bridgehead atoms. The summed E-state index contributed by atoms with van der Waals surface area (Å²) in [7, 11) is 0. The Morgan fingerprint density at radius 1 is 1.12 bits per heavy atom. The summed E-state index contributed by atoms with van der Waals surface area (Å²) in [6.45, 7) is 9.05. The van der Waals surface area contributed by atoms with Crippen LogP contribution in [0.25, 0.3) is 21.1 Å². The van der Waals surface area contributed by atoms with E-state index < -0.39 is 18.1 Å². The van der Waals surface area contributed by atoms with Gasteiger partial charge in [-0.05, 0) is 94.4 Å². The van der Waals surface area contributed by atoms with Gasteiger partial charge in [-0.25, -0.2) is 4.79 Å². The van der Waals surface area contributed by atoms with Gasteiger partial charge in [0.2, 0.25) is 0 Å². The summed E-state index contributed by atoms with van der Waals surface area (Å²) >= 11 is 8.04. The van der Waals surface area contributed by atoms with Gasteiger partial charge in [-0.2, -0.15) is 13.2 Å². The van der Waals surface area contributed by atoms with Gasteiger partial charge in [0.1, 0.15) is 15.8 Å². The molecule has 3 aromatic rings. The second-order valence-electron chi connectivity index (χ2n) is 10.4. The van der Waals surface area contributed by atoms with Crippen molar-refractivity contribution in [2.24, 2.45) is 0 Å². The maximum atomic E-state index is 10.8. The van der Waals surface area contributed by atoms with Crippen LogP contribution in [-0.2, 0) is 16.0 Å². The number of benzene rings is 2. The quantitative estimate of drug-likeness (QED) is 0.233. The molecule has 0 radical (unpaired) electrons. The van der Waals surface area contributed by atoms with Crippen molar-refractivity contribution < 1.29 is 37.7 Å². The first-order chi connectivity index (χ1) is 20.3. The zero-order valence-corrected chi connectivity index (χ0v) is 25.7. The van der Waals surface area contributed by atoms with Crippen LogP contribution < -0.4 is 4.74 Å². The van der Waals surface area contributed by atoms with E-state index in [0.29, 0.717) is 23.1 Å². The largest absolute Gasteiger partial charge is 0.490 e. The number of nitrogens with zero attached hydrogens (tertiary/aromatic N) is 3. The molecule has 4 rings (SSSR count). The van der Waals surface area contributed by atoms with Gasteiger partial charge in [0, 0.05) is 17.5 Å². The van der Waals surface area contributed by atoms with Crippen molar-refractivity contribution in [1.29, 1.82) is 0 Å². The Kier molecular flexibility index (Phi) is 12.3. The monoisotopic (exact) mass is 641 g/mol. The molecule has 2 N–H and O–H groups in total. The molecule has 13 heteroatoms. The van der Waals surface area contributed by atoms with E-state index in [0.717, 1.165) is 60.0 Å². The average Bonchev–Trinajstić information content (AvgIpc) is 3.44. The van der Waals surface area contributed by atoms with Crippen LogP contribution in [0.3, 0.4) is 0 Å². The fraction of sp³-hybridized carbons (Fsp3) is 0.467. The molecule has 1 fully saturated rings. The molecule has 0 saturated carbocycles. The van der Waals surface area contributed by atoms with Gasteiger partial charge >= 0.3 is 18.1 Å². The Balaban J connectivity index is 0.000000646. The number of aliphatic carboxylic acids is 2. The van der Waals surface area contributed by atoms with E-state index in [1.54, 1.807) is 11.3 Å². The lowest BCUT2D eigenvalue weighted by Crippen LogP contribution is -2.34. The SMILES string of the molecule is CCc1c(-c2nnc(-c3ccc(OC(C)C)c(Cl)c3)s2)cccc1C1CCN(CCCC(=O)O)CC1.O=C(O)C(F)(F)F. The predicted molar refractivity (Wildman–Crippen MR) is 160 cm³/mol. The second kappa shape index (κ2) is 15.5. The first kappa shape index (κ1) is 34.3. The molecule has 1 saturated heterocycles. The molecule has 0 amide bonds. The standard InChI is InChI=1S/C28H34ClN3O3S.C2HF3O2/c1-4-21-22(19-12-15-32(16-13-19)14-6-9-26(33)34)7-5-8-23(21)28-31-30-27(36-28)20-10-11-25(24(29)17-20)35-18(2)3;3-2(4,5)1(6)7/h5,7-8,10-11,17-19H,4,6,9,12-16H2,1-3H3,(H,33,34);(H,6,7). The third-order valence-electron chi connectivity index (χ3n) is 6.90. The highest BCUT2D eigenvalue weighted by Crippen LogP contribution is 2.39. The number of carbonyl (C=O) groups is 2. The summed E-state index contributed by atoms with van der Waals surface area (Å²) in [5.74, 6) is -2.29. The Hall–Kier alpha value is -3.22. The first-order valence-corrected chi connectivity index (χ1v) is 15.2. The van der Waals surface area contributed by atoms with Gasteiger partial charge in [-0.15, -0.1) is 10.2 Å². The number of halogens is 4. The van der Waals surface area contributed by atoms with Crippen molar-refractivity contribution in [1.82, 2.24) is 15.1 Å². The Morgan fingerprint density at radius 3 is 2.33 bits per heavy atom. The Morgan fingerprint density at radius 2 is 1.77 bits per heavy atom. The number of likely N-dealkylation sites (tertiary alicyclic amines) is 1. The van der Waals surface area contributed by atoms with Crippen LogP contribution in [0.1, 0.15) is 63.5 Å². The van der Waals surface area contributed by atoms with Crippen molar-refractivity contribution in [2.75, 3.05) is 19.6 Å². The van der Waals surface area contributed by atoms with E-state index in [1.165, 1.54) is 11.1 Å². The van der Waals surface area contributed by atoms with Gasteiger partial charge in [0.05, 0.1) is 11.1 Å². The normalized spacial score (nSPS) is 14.3. The second-order valence-corrected chi connectivity index (χ2v) is 11.8. The molecule has 1 aromatic heterocycles. The highest BCUT2D eigenvalue weighted by molar-refractivity contribution is 7.17. The molecule has 2 aromatic carbocycles. The van der Waals surface area contributed by atoms with Crippen molar-refractivity contribution in [3.63, 3.8) is 0 Å². The van der Waals surface area contributed by atoms with Crippen LogP contribution in [0.5, 0.6) is 5.75 Å². The molecule has 1 aliphatic heterocycles. The van der Waals surface area contributed by atoms with Crippen LogP contribution in [0.15, 0.2) is 36.4 Å². The van der Waals surface area contributed by atoms with Crippen molar-refractivity contribution in [3.8, 4) is 26.9 Å². The van der Waals surface area contributed by atoms with Gasteiger partial charge < -0.3 is 19.8 Å². The van der Waals surface area contributed by atoms with Gasteiger partial charge in [-0.3, -0.25) is 4.79 Å². The fourth-order valence-corrected chi connectivity index (χ4v) is 6.05. The number of alkyl halides is 3. The molecule has 0 spiro atoms. The number of rotatable bonds is 10. The van der Waals surface area contributed by atoms with Gasteiger partial charge in [-0.1, -0.05) is 48.1 Å². The molecule has 2 heterocycles. The summed E-state index contributed by atoms with van der Waals surface area (Å²) in [6.07, 6.45) is -0.943. The number of hydrogen-bond donors (Lipinski definition) is 2. The number of carboxylic acid groups (broad SMARTS) is 2. The maximum absolute atomic E-state index is 10.8. The van der Waals surface area contributed by atoms with E-state index in [1.807, 2.05) is 32.0 Å². The Labute approximate surface area is 257 Å².